The summed E-state index contributed by atoms with van der Waals surface area (Å²) in [6.07, 6.45) is 0.407. The zero-order valence-corrected chi connectivity index (χ0v) is 12.4. The van der Waals surface area contributed by atoms with E-state index in [1.165, 1.54) is 7.11 Å². The third-order valence-corrected chi connectivity index (χ3v) is 3.43. The van der Waals surface area contributed by atoms with Crippen LogP contribution in [0.3, 0.4) is 0 Å². The minimum absolute atomic E-state index is 0.134. The Kier molecular flexibility index (Phi) is 5.16. The Morgan fingerprint density at radius 1 is 1.14 bits per heavy atom. The second-order valence-corrected chi connectivity index (χ2v) is 4.86. The van der Waals surface area contributed by atoms with Gasteiger partial charge in [0.1, 0.15) is 0 Å². The molecule has 4 heteroatoms. The van der Waals surface area contributed by atoms with Crippen LogP contribution in [0.2, 0.25) is 0 Å². The van der Waals surface area contributed by atoms with E-state index in [1.807, 2.05) is 60.7 Å². The molecule has 22 heavy (non-hydrogen) atoms. The molecule has 2 aromatic rings. The second-order valence-electron chi connectivity index (χ2n) is 4.86. The van der Waals surface area contributed by atoms with Crippen LogP contribution in [0.4, 0.5) is 5.69 Å². The van der Waals surface area contributed by atoms with Crippen LogP contribution in [-0.4, -0.2) is 13.1 Å². The molecular formula is C18H17N2O2-. The fourth-order valence-electron chi connectivity index (χ4n) is 2.23. The molecule has 0 saturated carbocycles. The number of ether oxygens (including phenoxy) is 1. The molecule has 0 aliphatic heterocycles. The van der Waals surface area contributed by atoms with Crippen molar-refractivity contribution in [3.8, 4) is 6.07 Å². The van der Waals surface area contributed by atoms with Gasteiger partial charge in [-0.1, -0.05) is 60.7 Å². The number of carbonyl (C=O) groups is 1. The highest BCUT2D eigenvalue weighted by atomic mass is 16.5. The summed E-state index contributed by atoms with van der Waals surface area (Å²) < 4.78 is 4.69. The van der Waals surface area contributed by atoms with Crippen molar-refractivity contribution in [1.82, 2.24) is 0 Å². The van der Waals surface area contributed by atoms with Crippen molar-refractivity contribution in [3.05, 3.63) is 71.5 Å². The van der Waals surface area contributed by atoms with Gasteiger partial charge in [-0.3, -0.25) is 4.79 Å². The Balaban J connectivity index is 2.34. The van der Waals surface area contributed by atoms with Gasteiger partial charge in [0.2, 0.25) is 0 Å². The van der Waals surface area contributed by atoms with E-state index >= 15 is 0 Å². The van der Waals surface area contributed by atoms with Crippen LogP contribution in [0.1, 0.15) is 18.4 Å². The maximum atomic E-state index is 11.5. The molecule has 0 spiro atoms. The van der Waals surface area contributed by atoms with Gasteiger partial charge < -0.3 is 10.1 Å². The smallest absolute Gasteiger partial charge is 0.305 e. The summed E-state index contributed by atoms with van der Waals surface area (Å²) in [6, 6.07) is 20.9. The van der Waals surface area contributed by atoms with Crippen LogP contribution in [0.15, 0.2) is 60.7 Å². The number of carbonyl (C=O) groups excluding carboxylic acids is 1. The fraction of sp³-hybridized carbons (Fsp3) is 0.222. The standard InChI is InChI=1S/C18H17N2O2/c1-22-17(21)12-13-18(14-19,15-8-4-2-5-9-15)20-16-10-6-3-7-11-16/h2-11H,12-13H2,1H3/q-1. The minimum Gasteiger partial charge on any atom is -0.664 e. The fourth-order valence-corrected chi connectivity index (χ4v) is 2.23. The third kappa shape index (κ3) is 3.64. The van der Waals surface area contributed by atoms with E-state index < -0.39 is 5.54 Å². The first-order valence-electron chi connectivity index (χ1n) is 7.02. The predicted octanol–water partition coefficient (Wildman–Crippen LogP) is 4.06. The lowest BCUT2D eigenvalue weighted by Gasteiger charge is -2.42. The first kappa shape index (κ1) is 15.6. The largest absolute Gasteiger partial charge is 0.664 e. The van der Waals surface area contributed by atoms with Crippen LogP contribution in [0.25, 0.3) is 5.32 Å². The van der Waals surface area contributed by atoms with Gasteiger partial charge >= 0.3 is 5.97 Å². The average molecular weight is 293 g/mol. The first-order chi connectivity index (χ1) is 10.7. The van der Waals surface area contributed by atoms with Crippen molar-refractivity contribution >= 4 is 11.7 Å². The Morgan fingerprint density at radius 3 is 2.27 bits per heavy atom. The van der Waals surface area contributed by atoms with Crippen LogP contribution in [0, 0.1) is 11.3 Å². The summed E-state index contributed by atoms with van der Waals surface area (Å²) in [6.45, 7) is 0. The molecule has 1 unspecified atom stereocenters. The topological polar surface area (TPSA) is 64.2 Å². The molecule has 112 valence electrons. The van der Waals surface area contributed by atoms with Crippen molar-refractivity contribution < 1.29 is 9.53 Å². The molecule has 0 bridgehead atoms. The van der Waals surface area contributed by atoms with Gasteiger partial charge in [-0.25, -0.2) is 0 Å². The van der Waals surface area contributed by atoms with Crippen LogP contribution >= 0.6 is 0 Å². The first-order valence-corrected chi connectivity index (χ1v) is 7.02. The molecule has 0 aromatic heterocycles. The highest BCUT2D eigenvalue weighted by molar-refractivity contribution is 5.70. The maximum absolute atomic E-state index is 11.5. The molecule has 1 atom stereocenters. The van der Waals surface area contributed by atoms with Gasteiger partial charge in [0.15, 0.2) is 0 Å². The van der Waals surface area contributed by atoms with E-state index in [0.717, 1.165) is 5.56 Å². The summed E-state index contributed by atoms with van der Waals surface area (Å²) in [5.41, 5.74) is 0.375. The Morgan fingerprint density at radius 2 is 1.73 bits per heavy atom. The molecule has 0 amide bonds. The van der Waals surface area contributed by atoms with Gasteiger partial charge in [0.25, 0.3) is 0 Å². The lowest BCUT2D eigenvalue weighted by molar-refractivity contribution is -0.140. The lowest BCUT2D eigenvalue weighted by atomic mass is 9.86. The average Bonchev–Trinajstić information content (AvgIpc) is 2.60. The van der Waals surface area contributed by atoms with Crippen molar-refractivity contribution in [2.45, 2.75) is 18.4 Å². The highest BCUT2D eigenvalue weighted by Crippen LogP contribution is 2.40. The summed E-state index contributed by atoms with van der Waals surface area (Å²) in [5, 5.41) is 14.4. The highest BCUT2D eigenvalue weighted by Gasteiger charge is 2.24. The maximum Gasteiger partial charge on any atom is 0.305 e. The number of nitriles is 1. The Hall–Kier alpha value is -2.80. The van der Waals surface area contributed by atoms with E-state index in [4.69, 9.17) is 0 Å². The van der Waals surface area contributed by atoms with Gasteiger partial charge in [0.05, 0.1) is 13.2 Å². The van der Waals surface area contributed by atoms with E-state index in [1.54, 1.807) is 0 Å². The van der Waals surface area contributed by atoms with Gasteiger partial charge in [0, 0.05) is 12.0 Å². The van der Waals surface area contributed by atoms with Crippen LogP contribution in [0.5, 0.6) is 0 Å². The van der Waals surface area contributed by atoms with Crippen molar-refractivity contribution in [1.29, 1.82) is 5.26 Å². The quantitative estimate of drug-likeness (QED) is 0.754. The number of para-hydroxylation sites is 1. The summed E-state index contributed by atoms with van der Waals surface area (Å²) in [7, 11) is 1.34. The molecule has 0 radical (unpaired) electrons. The summed E-state index contributed by atoms with van der Waals surface area (Å²) >= 11 is 0. The molecule has 4 nitrogen and oxygen atoms in total. The number of esters is 1. The number of rotatable bonds is 6. The minimum atomic E-state index is -1.10. The van der Waals surface area contributed by atoms with E-state index in [9.17, 15) is 10.1 Å². The third-order valence-electron chi connectivity index (χ3n) is 3.43. The summed E-state index contributed by atoms with van der Waals surface area (Å²) in [5.74, 6) is -0.348. The molecule has 0 aliphatic rings. The van der Waals surface area contributed by atoms with E-state index in [-0.39, 0.29) is 18.8 Å². The van der Waals surface area contributed by atoms with Gasteiger partial charge in [-0.15, -0.1) is 5.69 Å². The zero-order chi connectivity index (χ0) is 15.8. The number of nitrogens with zero attached hydrogens (tertiary/aromatic N) is 2. The molecule has 0 fully saturated rings. The second kappa shape index (κ2) is 7.28. The van der Waals surface area contributed by atoms with Crippen LogP contribution < -0.4 is 0 Å². The van der Waals surface area contributed by atoms with Crippen molar-refractivity contribution in [2.75, 3.05) is 7.11 Å². The molecule has 0 aliphatic carbocycles. The molecular weight excluding hydrogens is 276 g/mol. The SMILES string of the molecule is COC(=O)CCC(C#N)([N-]c1ccccc1)c1ccccc1. The molecule has 0 saturated heterocycles. The van der Waals surface area contributed by atoms with Crippen molar-refractivity contribution in [2.24, 2.45) is 0 Å². The Labute approximate surface area is 130 Å². The molecule has 2 aromatic carbocycles. The Bertz CT molecular complexity index is 650. The number of methoxy groups -OCH3 is 1. The summed E-state index contributed by atoms with van der Waals surface area (Å²) in [4.78, 5) is 11.5. The number of hydrogen-bond acceptors (Lipinski definition) is 3. The normalized spacial score (nSPS) is 12.7. The van der Waals surface area contributed by atoms with Gasteiger partial charge in [-0.2, -0.15) is 5.26 Å². The monoisotopic (exact) mass is 293 g/mol. The molecule has 2 rings (SSSR count). The van der Waals surface area contributed by atoms with Crippen molar-refractivity contribution in [3.63, 3.8) is 0 Å². The number of hydrogen-bond donors (Lipinski definition) is 0. The molecule has 0 heterocycles. The number of benzene rings is 2. The van der Waals surface area contributed by atoms with E-state index in [0.29, 0.717) is 5.69 Å². The predicted molar refractivity (Wildman–Crippen MR) is 84.4 cm³/mol. The molecule has 0 N–H and O–H groups in total. The van der Waals surface area contributed by atoms with Gasteiger partial charge in [-0.05, 0) is 12.0 Å². The zero-order valence-electron chi connectivity index (χ0n) is 12.4. The van der Waals surface area contributed by atoms with Crippen LogP contribution in [-0.2, 0) is 15.1 Å². The lowest BCUT2D eigenvalue weighted by Crippen LogP contribution is -2.23. The van der Waals surface area contributed by atoms with E-state index in [2.05, 4.69) is 16.1 Å².